The summed E-state index contributed by atoms with van der Waals surface area (Å²) in [6.07, 6.45) is 8.40. The number of thiophene rings is 1. The minimum Gasteiger partial charge on any atom is -0.382 e. The summed E-state index contributed by atoms with van der Waals surface area (Å²) in [6, 6.07) is 6.19. The number of aryl methyl sites for hydroxylation is 1. The van der Waals surface area contributed by atoms with Gasteiger partial charge in [0.05, 0.1) is 34.5 Å². The predicted octanol–water partition coefficient (Wildman–Crippen LogP) is 5.95. The number of H-pyrrole nitrogens is 2. The third kappa shape index (κ3) is 3.71. The van der Waals surface area contributed by atoms with Crippen molar-refractivity contribution in [3.63, 3.8) is 0 Å². The van der Waals surface area contributed by atoms with E-state index in [9.17, 15) is 0 Å². The number of nitrogens with zero attached hydrogens (tertiary/aromatic N) is 5. The van der Waals surface area contributed by atoms with Crippen molar-refractivity contribution < 1.29 is 4.39 Å². The van der Waals surface area contributed by atoms with E-state index in [4.69, 9.17) is 4.98 Å². The lowest BCUT2D eigenvalue weighted by Gasteiger charge is -2.11. The lowest BCUT2D eigenvalue weighted by Crippen LogP contribution is -2.09. The van der Waals surface area contributed by atoms with Gasteiger partial charge < -0.3 is 10.3 Å². The average molecular weight is 485 g/mol. The van der Waals surface area contributed by atoms with Crippen LogP contribution in [0.25, 0.3) is 55.2 Å². The molecule has 174 valence electrons. The molecule has 6 heterocycles. The van der Waals surface area contributed by atoms with Crippen molar-refractivity contribution in [3.05, 3.63) is 59.9 Å². The van der Waals surface area contributed by atoms with Crippen molar-refractivity contribution in [3.8, 4) is 33.2 Å². The van der Waals surface area contributed by atoms with Gasteiger partial charge in [0.2, 0.25) is 0 Å². The highest BCUT2D eigenvalue weighted by Crippen LogP contribution is 2.36. The molecule has 0 aliphatic rings. The summed E-state index contributed by atoms with van der Waals surface area (Å²) >= 11 is 1.68. The number of halogens is 1. The maximum Gasteiger partial charge on any atom is 0.161 e. The van der Waals surface area contributed by atoms with Gasteiger partial charge in [-0.1, -0.05) is 0 Å². The van der Waals surface area contributed by atoms with Crippen LogP contribution < -0.4 is 5.32 Å². The van der Waals surface area contributed by atoms with Gasteiger partial charge in [0, 0.05) is 45.5 Å². The lowest BCUT2D eigenvalue weighted by molar-refractivity contribution is 0.638. The summed E-state index contributed by atoms with van der Waals surface area (Å²) in [7, 11) is 0. The van der Waals surface area contributed by atoms with Gasteiger partial charge in [0.25, 0.3) is 0 Å². The molecule has 35 heavy (non-hydrogen) atoms. The van der Waals surface area contributed by atoms with Gasteiger partial charge in [0.15, 0.2) is 11.6 Å². The second-order valence-corrected chi connectivity index (χ2v) is 9.91. The van der Waals surface area contributed by atoms with Crippen LogP contribution in [0, 0.1) is 12.7 Å². The molecule has 6 aromatic heterocycles. The first-order valence-electron chi connectivity index (χ1n) is 11.1. The van der Waals surface area contributed by atoms with Crippen LogP contribution in [0.3, 0.4) is 0 Å². The number of aromatic nitrogens is 7. The highest BCUT2D eigenvalue weighted by Gasteiger charge is 2.21. The SMILES string of the molecule is Cc1ccc(-c2cncc3[nH]c(-c4n[nH]c5cnc(-c6cncc(NC(C)C)c6)c(F)c45)nc23)s1. The topological polar surface area (TPSA) is 108 Å². The fourth-order valence-electron chi connectivity index (χ4n) is 4.13. The smallest absolute Gasteiger partial charge is 0.161 e. The molecule has 0 aliphatic heterocycles. The molecule has 0 spiro atoms. The molecule has 0 aliphatic carbocycles. The molecular weight excluding hydrogens is 463 g/mol. The molecule has 6 rings (SSSR count). The molecule has 0 radical (unpaired) electrons. The number of hydrogen-bond acceptors (Lipinski definition) is 7. The Morgan fingerprint density at radius 3 is 2.66 bits per heavy atom. The number of rotatable bonds is 5. The predicted molar refractivity (Wildman–Crippen MR) is 137 cm³/mol. The average Bonchev–Trinajstić information content (AvgIpc) is 3.56. The summed E-state index contributed by atoms with van der Waals surface area (Å²) in [5.41, 5.74) is 4.89. The van der Waals surface area contributed by atoms with E-state index in [1.165, 1.54) is 4.88 Å². The van der Waals surface area contributed by atoms with Crippen LogP contribution in [0.2, 0.25) is 0 Å². The van der Waals surface area contributed by atoms with Gasteiger partial charge in [-0.3, -0.25) is 20.1 Å². The van der Waals surface area contributed by atoms with Gasteiger partial charge in [-0.15, -0.1) is 11.3 Å². The Morgan fingerprint density at radius 2 is 1.86 bits per heavy atom. The molecule has 0 atom stereocenters. The number of nitrogens with one attached hydrogen (secondary N) is 3. The van der Waals surface area contributed by atoms with Crippen LogP contribution in [0.1, 0.15) is 18.7 Å². The summed E-state index contributed by atoms with van der Waals surface area (Å²) in [6.45, 7) is 6.12. The largest absolute Gasteiger partial charge is 0.382 e. The highest BCUT2D eigenvalue weighted by molar-refractivity contribution is 7.15. The second kappa shape index (κ2) is 8.24. The van der Waals surface area contributed by atoms with Crippen LogP contribution in [0.4, 0.5) is 10.1 Å². The first-order chi connectivity index (χ1) is 17.0. The molecule has 3 N–H and O–H groups in total. The van der Waals surface area contributed by atoms with Gasteiger partial charge >= 0.3 is 0 Å². The first kappa shape index (κ1) is 21.4. The monoisotopic (exact) mass is 484 g/mol. The van der Waals surface area contributed by atoms with Crippen molar-refractivity contribution in [2.45, 2.75) is 26.8 Å². The van der Waals surface area contributed by atoms with Crippen molar-refractivity contribution in [1.29, 1.82) is 0 Å². The minimum absolute atomic E-state index is 0.201. The molecule has 0 bridgehead atoms. The number of hydrogen-bond donors (Lipinski definition) is 3. The van der Waals surface area contributed by atoms with Crippen LogP contribution in [-0.4, -0.2) is 41.2 Å². The van der Waals surface area contributed by atoms with E-state index in [2.05, 4.69) is 54.5 Å². The molecule has 0 saturated carbocycles. The third-order valence-corrected chi connectivity index (χ3v) is 6.67. The van der Waals surface area contributed by atoms with Gasteiger partial charge in [-0.05, 0) is 39.0 Å². The van der Waals surface area contributed by atoms with Crippen molar-refractivity contribution >= 4 is 39.0 Å². The van der Waals surface area contributed by atoms with E-state index in [1.54, 1.807) is 42.3 Å². The fraction of sp³-hybridized carbons (Fsp3) is 0.160. The van der Waals surface area contributed by atoms with E-state index >= 15 is 4.39 Å². The van der Waals surface area contributed by atoms with E-state index in [0.29, 0.717) is 28.0 Å². The zero-order chi connectivity index (χ0) is 24.1. The van der Waals surface area contributed by atoms with Crippen LogP contribution in [0.5, 0.6) is 0 Å². The Labute approximate surface area is 203 Å². The minimum atomic E-state index is -0.484. The molecular formula is C25H21FN8S. The second-order valence-electron chi connectivity index (χ2n) is 8.62. The quantitative estimate of drug-likeness (QED) is 0.279. The van der Waals surface area contributed by atoms with E-state index in [-0.39, 0.29) is 11.7 Å². The Bertz CT molecular complexity index is 1700. The zero-order valence-electron chi connectivity index (χ0n) is 19.2. The number of anilines is 1. The Balaban J connectivity index is 1.49. The van der Waals surface area contributed by atoms with Crippen LogP contribution >= 0.6 is 11.3 Å². The number of aromatic amines is 2. The number of fused-ring (bicyclic) bond motifs is 2. The maximum atomic E-state index is 15.9. The fourth-order valence-corrected chi connectivity index (χ4v) is 5.01. The van der Waals surface area contributed by atoms with E-state index in [0.717, 1.165) is 27.2 Å². The molecule has 8 nitrogen and oxygen atoms in total. The molecule has 10 heteroatoms. The number of pyridine rings is 3. The summed E-state index contributed by atoms with van der Waals surface area (Å²) in [5.74, 6) is -0.0272. The molecule has 0 aromatic carbocycles. The molecule has 0 fully saturated rings. The van der Waals surface area contributed by atoms with Crippen LogP contribution in [-0.2, 0) is 0 Å². The van der Waals surface area contributed by atoms with Crippen LogP contribution in [0.15, 0.2) is 49.2 Å². The normalized spacial score (nSPS) is 11.7. The van der Waals surface area contributed by atoms with Gasteiger partial charge in [-0.25, -0.2) is 9.37 Å². The highest BCUT2D eigenvalue weighted by atomic mass is 32.1. The van der Waals surface area contributed by atoms with Crippen molar-refractivity contribution in [2.24, 2.45) is 0 Å². The maximum absolute atomic E-state index is 15.9. The third-order valence-electron chi connectivity index (χ3n) is 5.64. The summed E-state index contributed by atoms with van der Waals surface area (Å²) < 4.78 is 15.9. The van der Waals surface area contributed by atoms with Gasteiger partial charge in [0.1, 0.15) is 16.9 Å². The van der Waals surface area contributed by atoms with E-state index < -0.39 is 5.82 Å². The molecule has 0 amide bonds. The molecule has 6 aromatic rings. The van der Waals surface area contributed by atoms with E-state index in [1.807, 2.05) is 19.9 Å². The first-order valence-corrected chi connectivity index (χ1v) is 11.9. The Hall–Kier alpha value is -4.18. The lowest BCUT2D eigenvalue weighted by atomic mass is 10.1. The number of imidazole rings is 1. The summed E-state index contributed by atoms with van der Waals surface area (Å²) in [4.78, 5) is 23.3. The Morgan fingerprint density at radius 1 is 1.00 bits per heavy atom. The zero-order valence-corrected chi connectivity index (χ0v) is 20.0. The van der Waals surface area contributed by atoms with Gasteiger partial charge in [-0.2, -0.15) is 5.10 Å². The molecule has 0 unspecified atom stereocenters. The Kier molecular flexibility index (Phi) is 5.03. The molecule has 0 saturated heterocycles. The summed E-state index contributed by atoms with van der Waals surface area (Å²) in [5, 5.41) is 10.9. The van der Waals surface area contributed by atoms with Crippen molar-refractivity contribution in [1.82, 2.24) is 35.1 Å². The standard InChI is InChI=1S/C25H21FN8S/c1-12(2)30-15-6-14(7-27-8-15)22-21(26)20-17(11-29-22)33-34-24(20)25-31-18-10-28-9-16(23(18)32-25)19-5-4-13(3)35-19/h4-12,30H,1-3H3,(H,31,32)(H,33,34). The van der Waals surface area contributed by atoms with Crippen molar-refractivity contribution in [2.75, 3.05) is 5.32 Å².